The van der Waals surface area contributed by atoms with Gasteiger partial charge in [-0.1, -0.05) is 37.6 Å². The highest BCUT2D eigenvalue weighted by molar-refractivity contribution is 6.30. The van der Waals surface area contributed by atoms with Gasteiger partial charge in [0.25, 0.3) is 0 Å². The lowest BCUT2D eigenvalue weighted by atomic mass is 10.0. The number of nitrogens with zero attached hydrogens (tertiary/aromatic N) is 1. The van der Waals surface area contributed by atoms with Gasteiger partial charge in [0.05, 0.1) is 12.6 Å². The summed E-state index contributed by atoms with van der Waals surface area (Å²) < 4.78 is 0. The van der Waals surface area contributed by atoms with Gasteiger partial charge < -0.3 is 10.2 Å². The van der Waals surface area contributed by atoms with E-state index < -0.39 is 0 Å². The molecule has 0 saturated carbocycles. The van der Waals surface area contributed by atoms with E-state index in [9.17, 15) is 4.79 Å². The van der Waals surface area contributed by atoms with E-state index in [2.05, 4.69) is 11.4 Å². The summed E-state index contributed by atoms with van der Waals surface area (Å²) in [7, 11) is 0. The maximum absolute atomic E-state index is 12.2. The van der Waals surface area contributed by atoms with Crippen molar-refractivity contribution in [2.45, 2.75) is 38.8 Å². The Morgan fingerprint density at radius 2 is 2.32 bits per heavy atom. The van der Waals surface area contributed by atoms with Crippen LogP contribution in [0.15, 0.2) is 24.3 Å². The molecule has 1 amide bonds. The standard InChI is InChI=1S/C15H21ClN2O/c1-11(2)17-10-15(19)18-8-4-7-14(18)12-5-3-6-13(16)9-12/h3,5-6,9,11,14,17H,4,7-8,10H2,1-2H3. The summed E-state index contributed by atoms with van der Waals surface area (Å²) in [6.45, 7) is 5.35. The summed E-state index contributed by atoms with van der Waals surface area (Å²) in [6, 6.07) is 8.35. The molecule has 1 atom stereocenters. The van der Waals surface area contributed by atoms with Crippen molar-refractivity contribution in [3.63, 3.8) is 0 Å². The van der Waals surface area contributed by atoms with Crippen molar-refractivity contribution in [3.05, 3.63) is 34.9 Å². The zero-order chi connectivity index (χ0) is 13.8. The highest BCUT2D eigenvalue weighted by Crippen LogP contribution is 2.32. The molecule has 104 valence electrons. The fourth-order valence-electron chi connectivity index (χ4n) is 2.52. The van der Waals surface area contributed by atoms with Crippen LogP contribution in [0.4, 0.5) is 0 Å². The Morgan fingerprint density at radius 3 is 3.00 bits per heavy atom. The van der Waals surface area contributed by atoms with Crippen LogP contribution in [-0.4, -0.2) is 29.9 Å². The number of benzene rings is 1. The predicted octanol–water partition coefficient (Wildman–Crippen LogP) is 3.00. The molecule has 1 fully saturated rings. The molecule has 1 aliphatic rings. The van der Waals surface area contributed by atoms with Gasteiger partial charge >= 0.3 is 0 Å². The van der Waals surface area contributed by atoms with Crippen LogP contribution < -0.4 is 5.32 Å². The fraction of sp³-hybridized carbons (Fsp3) is 0.533. The molecule has 1 aromatic carbocycles. The zero-order valence-electron chi connectivity index (χ0n) is 11.5. The fourth-order valence-corrected chi connectivity index (χ4v) is 2.72. The molecule has 0 aromatic heterocycles. The first-order valence-corrected chi connectivity index (χ1v) is 7.24. The lowest BCUT2D eigenvalue weighted by molar-refractivity contribution is -0.131. The Hall–Kier alpha value is -1.06. The number of nitrogens with one attached hydrogen (secondary N) is 1. The average molecular weight is 281 g/mol. The minimum Gasteiger partial charge on any atom is -0.335 e. The Balaban J connectivity index is 2.06. The third kappa shape index (κ3) is 3.71. The summed E-state index contributed by atoms with van der Waals surface area (Å²) in [5.41, 5.74) is 1.14. The summed E-state index contributed by atoms with van der Waals surface area (Å²) >= 11 is 6.04. The van der Waals surface area contributed by atoms with Crippen LogP contribution >= 0.6 is 11.6 Å². The minimum atomic E-state index is 0.177. The van der Waals surface area contributed by atoms with Crippen molar-refractivity contribution >= 4 is 17.5 Å². The smallest absolute Gasteiger partial charge is 0.237 e. The van der Waals surface area contributed by atoms with E-state index in [-0.39, 0.29) is 11.9 Å². The van der Waals surface area contributed by atoms with E-state index in [0.717, 1.165) is 30.0 Å². The Kier molecular flexibility index (Phi) is 4.83. The molecule has 1 heterocycles. The molecule has 0 radical (unpaired) electrons. The van der Waals surface area contributed by atoms with Gasteiger partial charge in [0.2, 0.25) is 5.91 Å². The van der Waals surface area contributed by atoms with E-state index in [1.54, 1.807) is 0 Å². The van der Waals surface area contributed by atoms with Gasteiger partial charge in [-0.3, -0.25) is 4.79 Å². The topological polar surface area (TPSA) is 32.3 Å². The van der Waals surface area contributed by atoms with Crippen molar-refractivity contribution in [1.82, 2.24) is 10.2 Å². The average Bonchev–Trinajstić information content (AvgIpc) is 2.85. The zero-order valence-corrected chi connectivity index (χ0v) is 12.3. The first-order chi connectivity index (χ1) is 9.08. The van der Waals surface area contributed by atoms with Gasteiger partial charge in [0, 0.05) is 17.6 Å². The Morgan fingerprint density at radius 1 is 1.53 bits per heavy atom. The normalized spacial score (nSPS) is 19.2. The molecule has 1 N–H and O–H groups in total. The van der Waals surface area contributed by atoms with Gasteiger partial charge in [-0.25, -0.2) is 0 Å². The van der Waals surface area contributed by atoms with Gasteiger partial charge in [-0.05, 0) is 30.5 Å². The molecule has 1 unspecified atom stereocenters. The molecule has 19 heavy (non-hydrogen) atoms. The van der Waals surface area contributed by atoms with Crippen LogP contribution in [0.25, 0.3) is 0 Å². The maximum atomic E-state index is 12.2. The van der Waals surface area contributed by atoms with Crippen LogP contribution in [0.5, 0.6) is 0 Å². The monoisotopic (exact) mass is 280 g/mol. The van der Waals surface area contributed by atoms with Crippen LogP contribution in [0.2, 0.25) is 5.02 Å². The SMILES string of the molecule is CC(C)NCC(=O)N1CCCC1c1cccc(Cl)c1. The number of likely N-dealkylation sites (tertiary alicyclic amines) is 1. The number of carbonyl (C=O) groups excluding carboxylic acids is 1. The third-order valence-corrected chi connectivity index (χ3v) is 3.70. The second-order valence-corrected chi connectivity index (χ2v) is 5.77. The van der Waals surface area contributed by atoms with Gasteiger partial charge in [-0.15, -0.1) is 0 Å². The first kappa shape index (κ1) is 14.4. The molecular formula is C15H21ClN2O. The molecule has 0 bridgehead atoms. The largest absolute Gasteiger partial charge is 0.335 e. The highest BCUT2D eigenvalue weighted by Gasteiger charge is 2.29. The summed E-state index contributed by atoms with van der Waals surface area (Å²) in [5, 5.41) is 3.92. The maximum Gasteiger partial charge on any atom is 0.237 e. The highest BCUT2D eigenvalue weighted by atomic mass is 35.5. The molecule has 3 nitrogen and oxygen atoms in total. The molecular weight excluding hydrogens is 260 g/mol. The number of hydrogen-bond acceptors (Lipinski definition) is 2. The van der Waals surface area contributed by atoms with E-state index in [1.165, 1.54) is 0 Å². The van der Waals surface area contributed by atoms with Gasteiger partial charge in [0.1, 0.15) is 0 Å². The van der Waals surface area contributed by atoms with E-state index in [4.69, 9.17) is 11.6 Å². The third-order valence-electron chi connectivity index (χ3n) is 3.47. The predicted molar refractivity (Wildman–Crippen MR) is 78.3 cm³/mol. The molecule has 0 spiro atoms. The molecule has 1 saturated heterocycles. The molecule has 1 aliphatic heterocycles. The molecule has 1 aromatic rings. The van der Waals surface area contributed by atoms with Crippen molar-refractivity contribution in [3.8, 4) is 0 Å². The lowest BCUT2D eigenvalue weighted by Crippen LogP contribution is -2.39. The van der Waals surface area contributed by atoms with Gasteiger partial charge in [-0.2, -0.15) is 0 Å². The minimum absolute atomic E-state index is 0.177. The number of carbonyl (C=O) groups is 1. The quantitative estimate of drug-likeness (QED) is 0.920. The summed E-state index contributed by atoms with van der Waals surface area (Å²) in [6.07, 6.45) is 2.08. The van der Waals surface area contributed by atoms with Crippen LogP contribution in [-0.2, 0) is 4.79 Å². The Bertz CT molecular complexity index is 448. The number of hydrogen-bond donors (Lipinski definition) is 1. The van der Waals surface area contributed by atoms with Crippen molar-refractivity contribution in [2.24, 2.45) is 0 Å². The van der Waals surface area contributed by atoms with Crippen molar-refractivity contribution < 1.29 is 4.79 Å². The van der Waals surface area contributed by atoms with Gasteiger partial charge in [0.15, 0.2) is 0 Å². The number of amides is 1. The van der Waals surface area contributed by atoms with E-state index in [1.807, 2.05) is 36.9 Å². The van der Waals surface area contributed by atoms with E-state index in [0.29, 0.717) is 12.6 Å². The molecule has 2 rings (SSSR count). The summed E-state index contributed by atoms with van der Waals surface area (Å²) in [4.78, 5) is 14.2. The second-order valence-electron chi connectivity index (χ2n) is 5.34. The molecule has 0 aliphatic carbocycles. The van der Waals surface area contributed by atoms with Crippen molar-refractivity contribution in [2.75, 3.05) is 13.1 Å². The number of halogens is 1. The van der Waals surface area contributed by atoms with Crippen LogP contribution in [0.3, 0.4) is 0 Å². The Labute approximate surface area is 119 Å². The second kappa shape index (κ2) is 6.40. The summed E-state index contributed by atoms with van der Waals surface area (Å²) in [5.74, 6) is 0.177. The van der Waals surface area contributed by atoms with Crippen LogP contribution in [0.1, 0.15) is 38.3 Å². The lowest BCUT2D eigenvalue weighted by Gasteiger charge is -2.26. The van der Waals surface area contributed by atoms with E-state index >= 15 is 0 Å². The van der Waals surface area contributed by atoms with Crippen LogP contribution in [0, 0.1) is 0 Å². The van der Waals surface area contributed by atoms with Crippen molar-refractivity contribution in [1.29, 1.82) is 0 Å². The first-order valence-electron chi connectivity index (χ1n) is 6.86. The number of rotatable bonds is 4. The molecule has 4 heteroatoms.